The zero-order chi connectivity index (χ0) is 15.3. The molecule has 0 radical (unpaired) electrons. The highest BCUT2D eigenvalue weighted by molar-refractivity contribution is 5.69. The summed E-state index contributed by atoms with van der Waals surface area (Å²) in [7, 11) is 3.41. The number of carbonyl (C=O) groups excluding carboxylic acids is 2. The third-order valence-electron chi connectivity index (χ3n) is 3.32. The van der Waals surface area contributed by atoms with Crippen LogP contribution in [-0.4, -0.2) is 56.4 Å². The fraction of sp³-hybridized carbons (Fsp3) is 0.857. The van der Waals surface area contributed by atoms with Crippen molar-refractivity contribution >= 4 is 12.1 Å². The van der Waals surface area contributed by atoms with Gasteiger partial charge in [0.1, 0.15) is 5.60 Å². The Morgan fingerprint density at radius 2 is 1.85 bits per heavy atom. The second-order valence-electron chi connectivity index (χ2n) is 6.40. The number of rotatable bonds is 4. The van der Waals surface area contributed by atoms with Gasteiger partial charge in [-0.25, -0.2) is 4.79 Å². The van der Waals surface area contributed by atoms with Crippen LogP contribution in [0.2, 0.25) is 0 Å². The molecule has 1 rings (SSSR count). The van der Waals surface area contributed by atoms with Crippen molar-refractivity contribution in [1.82, 2.24) is 10.2 Å². The van der Waals surface area contributed by atoms with Gasteiger partial charge in [-0.3, -0.25) is 4.79 Å². The maximum absolute atomic E-state index is 11.6. The second-order valence-corrected chi connectivity index (χ2v) is 6.40. The van der Waals surface area contributed by atoms with E-state index in [1.54, 1.807) is 0 Å². The Hall–Kier alpha value is -1.30. The van der Waals surface area contributed by atoms with E-state index < -0.39 is 11.7 Å². The summed E-state index contributed by atoms with van der Waals surface area (Å²) >= 11 is 0. The van der Waals surface area contributed by atoms with Gasteiger partial charge in [0.2, 0.25) is 0 Å². The summed E-state index contributed by atoms with van der Waals surface area (Å²) < 4.78 is 9.92. The fourth-order valence-corrected chi connectivity index (χ4v) is 2.46. The highest BCUT2D eigenvalue weighted by Gasteiger charge is 2.33. The Bertz CT molecular complexity index is 352. The number of amides is 1. The minimum Gasteiger partial charge on any atom is -0.469 e. The molecule has 1 saturated heterocycles. The summed E-state index contributed by atoms with van der Waals surface area (Å²) in [5.74, 6) is 0.251. The van der Waals surface area contributed by atoms with Gasteiger partial charge in [0, 0.05) is 26.1 Å². The van der Waals surface area contributed by atoms with Crippen molar-refractivity contribution in [2.24, 2.45) is 11.8 Å². The third kappa shape index (κ3) is 5.77. The lowest BCUT2D eigenvalue weighted by Gasteiger charge is -2.22. The number of methoxy groups -OCH3 is 1. The number of esters is 1. The first-order valence-electron chi connectivity index (χ1n) is 6.93. The van der Waals surface area contributed by atoms with Crippen molar-refractivity contribution < 1.29 is 19.1 Å². The maximum atomic E-state index is 11.6. The van der Waals surface area contributed by atoms with E-state index in [0.29, 0.717) is 13.0 Å². The van der Waals surface area contributed by atoms with E-state index in [4.69, 9.17) is 9.47 Å². The summed E-state index contributed by atoms with van der Waals surface area (Å²) in [4.78, 5) is 25.2. The number of nitrogens with zero attached hydrogens (tertiary/aromatic N) is 1. The number of alkyl carbamates (subject to hydrolysis) is 1. The molecule has 6 nitrogen and oxygen atoms in total. The van der Waals surface area contributed by atoms with Gasteiger partial charge in [0.05, 0.1) is 7.11 Å². The lowest BCUT2D eigenvalue weighted by molar-refractivity contribution is -0.141. The van der Waals surface area contributed by atoms with Crippen molar-refractivity contribution in [2.45, 2.75) is 32.8 Å². The van der Waals surface area contributed by atoms with E-state index in [9.17, 15) is 9.59 Å². The molecule has 116 valence electrons. The number of nitrogens with one attached hydrogen (secondary N) is 1. The molecule has 0 aromatic carbocycles. The Morgan fingerprint density at radius 3 is 2.40 bits per heavy atom. The van der Waals surface area contributed by atoms with Crippen LogP contribution in [-0.2, 0) is 14.3 Å². The number of hydrogen-bond acceptors (Lipinski definition) is 5. The number of hydrogen-bond donors (Lipinski definition) is 1. The average molecular weight is 286 g/mol. The molecule has 1 aliphatic heterocycles. The van der Waals surface area contributed by atoms with Gasteiger partial charge in [-0.15, -0.1) is 0 Å². The predicted octanol–water partition coefficient (Wildman–Crippen LogP) is 1.25. The molecule has 2 unspecified atom stereocenters. The molecule has 0 bridgehead atoms. The number of likely N-dealkylation sites (tertiary alicyclic amines) is 1. The van der Waals surface area contributed by atoms with Crippen molar-refractivity contribution in [3.63, 3.8) is 0 Å². The van der Waals surface area contributed by atoms with Crippen LogP contribution in [0.1, 0.15) is 27.2 Å². The molecule has 0 aliphatic carbocycles. The van der Waals surface area contributed by atoms with Crippen LogP contribution in [0, 0.1) is 11.8 Å². The zero-order valence-corrected chi connectivity index (χ0v) is 13.1. The van der Waals surface area contributed by atoms with Gasteiger partial charge < -0.3 is 19.7 Å². The molecular formula is C14H26N2O4. The van der Waals surface area contributed by atoms with Crippen LogP contribution in [0.25, 0.3) is 0 Å². The molecule has 1 N–H and O–H groups in total. The largest absolute Gasteiger partial charge is 0.469 e. The molecule has 6 heteroatoms. The van der Waals surface area contributed by atoms with E-state index in [1.807, 2.05) is 27.8 Å². The van der Waals surface area contributed by atoms with Crippen molar-refractivity contribution in [3.8, 4) is 0 Å². The lowest BCUT2D eigenvalue weighted by atomic mass is 9.93. The van der Waals surface area contributed by atoms with Gasteiger partial charge in [-0.05, 0) is 39.7 Å². The van der Waals surface area contributed by atoms with Crippen molar-refractivity contribution in [3.05, 3.63) is 0 Å². The molecule has 1 fully saturated rings. The van der Waals surface area contributed by atoms with Gasteiger partial charge in [-0.2, -0.15) is 0 Å². The lowest BCUT2D eigenvalue weighted by Crippen LogP contribution is -2.37. The van der Waals surface area contributed by atoms with Gasteiger partial charge in [-0.1, -0.05) is 0 Å². The Kier molecular flexibility index (Phi) is 5.80. The third-order valence-corrected chi connectivity index (χ3v) is 3.32. The van der Waals surface area contributed by atoms with Crippen LogP contribution < -0.4 is 5.32 Å². The van der Waals surface area contributed by atoms with E-state index in [2.05, 4.69) is 10.2 Å². The van der Waals surface area contributed by atoms with Gasteiger partial charge in [0.25, 0.3) is 0 Å². The summed E-state index contributed by atoms with van der Waals surface area (Å²) in [6.07, 6.45) is -0.0227. The number of carbonyl (C=O) groups is 2. The van der Waals surface area contributed by atoms with Crippen LogP contribution in [0.5, 0.6) is 0 Å². The van der Waals surface area contributed by atoms with Crippen molar-refractivity contribution in [1.29, 1.82) is 0 Å². The minimum absolute atomic E-state index is 0.201. The van der Waals surface area contributed by atoms with Crippen LogP contribution >= 0.6 is 0 Å². The maximum Gasteiger partial charge on any atom is 0.407 e. The van der Waals surface area contributed by atoms with E-state index in [-0.39, 0.29) is 17.8 Å². The molecule has 1 amide bonds. The quantitative estimate of drug-likeness (QED) is 0.788. The summed E-state index contributed by atoms with van der Waals surface area (Å²) in [6.45, 7) is 7.70. The molecular weight excluding hydrogens is 260 g/mol. The first-order valence-corrected chi connectivity index (χ1v) is 6.93. The molecule has 1 heterocycles. The van der Waals surface area contributed by atoms with E-state index >= 15 is 0 Å². The van der Waals surface area contributed by atoms with E-state index in [1.165, 1.54) is 7.11 Å². The second kappa shape index (κ2) is 6.92. The standard InChI is InChI=1S/C14H26N2O4/c1-14(2,3)20-13(18)15-7-11-9-16(4)8-10(11)6-12(17)19-5/h10-11H,6-9H2,1-5H3,(H,15,18). The highest BCUT2D eigenvalue weighted by Crippen LogP contribution is 2.25. The Morgan fingerprint density at radius 1 is 1.25 bits per heavy atom. The Balaban J connectivity index is 2.44. The topological polar surface area (TPSA) is 67.9 Å². The molecule has 0 aromatic heterocycles. The summed E-state index contributed by atoms with van der Waals surface area (Å²) in [5.41, 5.74) is -0.498. The van der Waals surface area contributed by atoms with Gasteiger partial charge >= 0.3 is 12.1 Å². The van der Waals surface area contributed by atoms with Crippen LogP contribution in [0.4, 0.5) is 4.79 Å². The SMILES string of the molecule is COC(=O)CC1CN(C)CC1CNC(=O)OC(C)(C)C. The van der Waals surface area contributed by atoms with Gasteiger partial charge in [0.15, 0.2) is 0 Å². The fourth-order valence-electron chi connectivity index (χ4n) is 2.46. The minimum atomic E-state index is -0.498. The first kappa shape index (κ1) is 16.8. The van der Waals surface area contributed by atoms with Crippen LogP contribution in [0.15, 0.2) is 0 Å². The van der Waals surface area contributed by atoms with E-state index in [0.717, 1.165) is 13.1 Å². The highest BCUT2D eigenvalue weighted by atomic mass is 16.6. The van der Waals surface area contributed by atoms with Crippen molar-refractivity contribution in [2.75, 3.05) is 33.8 Å². The molecule has 1 aliphatic rings. The summed E-state index contributed by atoms with van der Waals surface area (Å²) in [5, 5.41) is 2.78. The summed E-state index contributed by atoms with van der Waals surface area (Å²) in [6, 6.07) is 0. The molecule has 0 spiro atoms. The normalized spacial score (nSPS) is 23.4. The van der Waals surface area contributed by atoms with Crippen LogP contribution in [0.3, 0.4) is 0 Å². The Labute approximate surface area is 120 Å². The molecule has 0 saturated carbocycles. The smallest absolute Gasteiger partial charge is 0.407 e. The monoisotopic (exact) mass is 286 g/mol. The zero-order valence-electron chi connectivity index (χ0n) is 13.1. The predicted molar refractivity (Wildman–Crippen MR) is 75.3 cm³/mol. The first-order chi connectivity index (χ1) is 9.21. The molecule has 0 aromatic rings. The average Bonchev–Trinajstić information content (AvgIpc) is 2.64. The molecule has 2 atom stereocenters. The molecule has 20 heavy (non-hydrogen) atoms. The number of ether oxygens (including phenoxy) is 2.